The monoisotopic (exact) mass is 212 g/mol. The van der Waals surface area contributed by atoms with Gasteiger partial charge in [-0.05, 0) is 19.4 Å². The molecule has 2 N–H and O–H groups in total. The molecule has 0 rings (SSSR count). The largest absolute Gasteiger partial charge is 0.401 e. The summed E-state index contributed by atoms with van der Waals surface area (Å²) in [6.45, 7) is 3.66. The van der Waals surface area contributed by atoms with Crippen molar-refractivity contribution in [2.45, 2.75) is 38.9 Å². The zero-order valence-corrected chi connectivity index (χ0v) is 8.77. The molecule has 0 aliphatic heterocycles. The molecule has 0 aromatic heterocycles. The van der Waals surface area contributed by atoms with Crippen LogP contribution in [0, 0.1) is 0 Å². The molecule has 0 spiro atoms. The molecule has 0 aliphatic carbocycles. The highest BCUT2D eigenvalue weighted by molar-refractivity contribution is 4.69. The Morgan fingerprint density at radius 3 is 2.21 bits per heavy atom. The molecule has 86 valence electrons. The first-order valence-corrected chi connectivity index (χ1v) is 4.93. The second-order valence-electron chi connectivity index (χ2n) is 3.52. The van der Waals surface area contributed by atoms with E-state index in [0.29, 0.717) is 25.9 Å². The van der Waals surface area contributed by atoms with E-state index >= 15 is 0 Å². The summed E-state index contributed by atoms with van der Waals surface area (Å²) in [5.74, 6) is 0. The van der Waals surface area contributed by atoms with Gasteiger partial charge in [0.1, 0.15) is 0 Å². The van der Waals surface area contributed by atoms with Gasteiger partial charge < -0.3 is 5.73 Å². The third-order valence-corrected chi connectivity index (χ3v) is 1.96. The van der Waals surface area contributed by atoms with Crippen molar-refractivity contribution in [1.29, 1.82) is 0 Å². The summed E-state index contributed by atoms with van der Waals surface area (Å²) in [6.07, 6.45) is -2.70. The quantitative estimate of drug-likeness (QED) is 0.729. The van der Waals surface area contributed by atoms with Crippen molar-refractivity contribution in [2.24, 2.45) is 5.73 Å². The Morgan fingerprint density at radius 2 is 1.86 bits per heavy atom. The molecule has 0 bridgehead atoms. The number of rotatable bonds is 6. The van der Waals surface area contributed by atoms with E-state index in [9.17, 15) is 13.2 Å². The van der Waals surface area contributed by atoms with Gasteiger partial charge in [-0.2, -0.15) is 13.2 Å². The van der Waals surface area contributed by atoms with Gasteiger partial charge in [0, 0.05) is 12.6 Å². The molecule has 2 nitrogen and oxygen atoms in total. The van der Waals surface area contributed by atoms with Crippen molar-refractivity contribution in [1.82, 2.24) is 4.90 Å². The van der Waals surface area contributed by atoms with Crippen LogP contribution in [0.25, 0.3) is 0 Å². The highest BCUT2D eigenvalue weighted by atomic mass is 19.4. The molecule has 14 heavy (non-hydrogen) atoms. The third kappa shape index (κ3) is 7.15. The lowest BCUT2D eigenvalue weighted by molar-refractivity contribution is -0.146. The van der Waals surface area contributed by atoms with E-state index in [1.807, 2.05) is 13.8 Å². The highest BCUT2D eigenvalue weighted by Gasteiger charge is 2.30. The van der Waals surface area contributed by atoms with Gasteiger partial charge in [0.2, 0.25) is 0 Å². The summed E-state index contributed by atoms with van der Waals surface area (Å²) < 4.78 is 36.3. The third-order valence-electron chi connectivity index (χ3n) is 1.96. The first-order valence-electron chi connectivity index (χ1n) is 4.93. The Balaban J connectivity index is 4.01. The van der Waals surface area contributed by atoms with Gasteiger partial charge in [0.15, 0.2) is 0 Å². The molecule has 1 unspecified atom stereocenters. The zero-order chi connectivity index (χ0) is 11.2. The smallest absolute Gasteiger partial charge is 0.327 e. The van der Waals surface area contributed by atoms with Crippen molar-refractivity contribution < 1.29 is 13.2 Å². The van der Waals surface area contributed by atoms with Crippen LogP contribution in [0.1, 0.15) is 26.7 Å². The SMILES string of the molecule is CCCN(CC(N)CC)CC(F)(F)F. The lowest BCUT2D eigenvalue weighted by Gasteiger charge is -2.25. The maximum Gasteiger partial charge on any atom is 0.401 e. The predicted molar refractivity (Wildman–Crippen MR) is 51.1 cm³/mol. The van der Waals surface area contributed by atoms with Crippen molar-refractivity contribution in [3.05, 3.63) is 0 Å². The molecule has 5 heteroatoms. The second kappa shape index (κ2) is 6.24. The topological polar surface area (TPSA) is 29.3 Å². The summed E-state index contributed by atoms with van der Waals surface area (Å²) >= 11 is 0. The number of hydrogen-bond acceptors (Lipinski definition) is 2. The zero-order valence-electron chi connectivity index (χ0n) is 8.77. The van der Waals surface area contributed by atoms with E-state index in [0.717, 1.165) is 0 Å². The molecule has 0 aromatic rings. The first kappa shape index (κ1) is 13.7. The van der Waals surface area contributed by atoms with Crippen molar-refractivity contribution in [3.63, 3.8) is 0 Å². The van der Waals surface area contributed by atoms with E-state index in [4.69, 9.17) is 5.73 Å². The summed E-state index contributed by atoms with van der Waals surface area (Å²) in [5.41, 5.74) is 5.61. The average Bonchev–Trinajstić information content (AvgIpc) is 2.01. The molecule has 0 heterocycles. The lowest BCUT2D eigenvalue weighted by atomic mass is 10.2. The van der Waals surface area contributed by atoms with Gasteiger partial charge in [-0.3, -0.25) is 4.90 Å². The van der Waals surface area contributed by atoms with E-state index < -0.39 is 12.7 Å². The highest BCUT2D eigenvalue weighted by Crippen LogP contribution is 2.16. The maximum absolute atomic E-state index is 12.1. The molecule has 0 fully saturated rings. The summed E-state index contributed by atoms with van der Waals surface area (Å²) in [6, 6.07) is -0.163. The summed E-state index contributed by atoms with van der Waals surface area (Å²) in [4.78, 5) is 1.37. The van der Waals surface area contributed by atoms with Crippen molar-refractivity contribution in [3.8, 4) is 0 Å². The van der Waals surface area contributed by atoms with Crippen LogP contribution in [0.15, 0.2) is 0 Å². The van der Waals surface area contributed by atoms with Crippen LogP contribution in [0.5, 0.6) is 0 Å². The minimum atomic E-state index is -4.12. The van der Waals surface area contributed by atoms with Crippen molar-refractivity contribution in [2.75, 3.05) is 19.6 Å². The molecular formula is C9H19F3N2. The van der Waals surface area contributed by atoms with E-state index in [-0.39, 0.29) is 6.04 Å². The number of alkyl halides is 3. The van der Waals surface area contributed by atoms with Gasteiger partial charge >= 0.3 is 6.18 Å². The van der Waals surface area contributed by atoms with Crippen LogP contribution >= 0.6 is 0 Å². The van der Waals surface area contributed by atoms with E-state index in [1.165, 1.54) is 4.90 Å². The van der Waals surface area contributed by atoms with Crippen LogP contribution < -0.4 is 5.73 Å². The fourth-order valence-electron chi connectivity index (χ4n) is 1.27. The number of hydrogen-bond donors (Lipinski definition) is 1. The molecular weight excluding hydrogens is 193 g/mol. The molecule has 0 saturated heterocycles. The van der Waals surface area contributed by atoms with Gasteiger partial charge in [-0.25, -0.2) is 0 Å². The van der Waals surface area contributed by atoms with Crippen LogP contribution in [-0.2, 0) is 0 Å². The van der Waals surface area contributed by atoms with E-state index in [1.54, 1.807) is 0 Å². The van der Waals surface area contributed by atoms with Gasteiger partial charge in [-0.1, -0.05) is 13.8 Å². The Morgan fingerprint density at radius 1 is 1.29 bits per heavy atom. The standard InChI is InChI=1S/C9H19F3N2/c1-3-5-14(6-8(13)4-2)7-9(10,11)12/h8H,3-7,13H2,1-2H3. The molecule has 1 atom stereocenters. The fourth-order valence-corrected chi connectivity index (χ4v) is 1.27. The number of nitrogens with two attached hydrogens (primary N) is 1. The number of halogens is 3. The molecule has 0 aliphatic rings. The Kier molecular flexibility index (Phi) is 6.11. The van der Waals surface area contributed by atoms with Crippen LogP contribution in [0.3, 0.4) is 0 Å². The number of nitrogens with zero attached hydrogens (tertiary/aromatic N) is 1. The van der Waals surface area contributed by atoms with Gasteiger partial charge in [0.25, 0.3) is 0 Å². The van der Waals surface area contributed by atoms with Crippen LogP contribution in [-0.4, -0.2) is 36.8 Å². The molecule has 0 saturated carbocycles. The minimum absolute atomic E-state index is 0.163. The Hall–Kier alpha value is -0.290. The molecule has 0 aromatic carbocycles. The second-order valence-corrected chi connectivity index (χ2v) is 3.52. The van der Waals surface area contributed by atoms with Gasteiger partial charge in [-0.15, -0.1) is 0 Å². The Labute approximate surface area is 83.3 Å². The average molecular weight is 212 g/mol. The summed E-state index contributed by atoms with van der Waals surface area (Å²) in [5, 5.41) is 0. The normalized spacial score (nSPS) is 14.8. The Bertz CT molecular complexity index is 147. The van der Waals surface area contributed by atoms with Crippen molar-refractivity contribution >= 4 is 0 Å². The minimum Gasteiger partial charge on any atom is -0.327 e. The lowest BCUT2D eigenvalue weighted by Crippen LogP contribution is -2.42. The fraction of sp³-hybridized carbons (Fsp3) is 1.00. The van der Waals surface area contributed by atoms with Crippen LogP contribution in [0.2, 0.25) is 0 Å². The summed E-state index contributed by atoms with van der Waals surface area (Å²) in [7, 11) is 0. The van der Waals surface area contributed by atoms with Crippen LogP contribution in [0.4, 0.5) is 13.2 Å². The molecule has 0 amide bonds. The maximum atomic E-state index is 12.1. The molecule has 0 radical (unpaired) electrons. The van der Waals surface area contributed by atoms with E-state index in [2.05, 4.69) is 0 Å². The first-order chi connectivity index (χ1) is 6.39. The predicted octanol–water partition coefficient (Wildman–Crippen LogP) is 2.00. The van der Waals surface area contributed by atoms with Gasteiger partial charge in [0.05, 0.1) is 6.54 Å².